The summed E-state index contributed by atoms with van der Waals surface area (Å²) in [6.45, 7) is 4.42. The molecule has 2 atom stereocenters. The summed E-state index contributed by atoms with van der Waals surface area (Å²) in [6.07, 6.45) is 1.14. The molecule has 0 aliphatic rings. The first-order valence-corrected chi connectivity index (χ1v) is 5.91. The summed E-state index contributed by atoms with van der Waals surface area (Å²) in [6, 6.07) is 8.00. The molecular weight excluding hydrogens is 215 g/mol. The first-order chi connectivity index (χ1) is 6.69. The highest BCUT2D eigenvalue weighted by Gasteiger charge is 2.16. The van der Waals surface area contributed by atoms with Crippen LogP contribution in [-0.2, 0) is 0 Å². The Balaban J connectivity index is 2.89. The van der Waals surface area contributed by atoms with E-state index in [0.717, 1.165) is 11.4 Å². The molecule has 14 heavy (non-hydrogen) atoms. The highest BCUT2D eigenvalue weighted by molar-refractivity contribution is 6.30. The van der Waals surface area contributed by atoms with Crippen molar-refractivity contribution in [1.82, 2.24) is 0 Å². The van der Waals surface area contributed by atoms with E-state index in [1.165, 1.54) is 5.56 Å². The third-order valence-corrected chi connectivity index (χ3v) is 3.34. The lowest BCUT2D eigenvalue weighted by Gasteiger charge is -2.21. The van der Waals surface area contributed by atoms with Gasteiger partial charge in [-0.3, -0.25) is 0 Å². The minimum atomic E-state index is 0.417. The van der Waals surface area contributed by atoms with E-state index in [1.807, 2.05) is 18.2 Å². The standard InChI is InChI=1S/C12H16Cl2/c1-3-9(2)12(8-13)10-5-4-6-11(14)7-10/h4-7,9,12H,3,8H2,1-2H3. The Bertz CT molecular complexity index is 283. The van der Waals surface area contributed by atoms with E-state index in [1.54, 1.807) is 0 Å². The molecule has 0 heterocycles. The Morgan fingerprint density at radius 2 is 2.07 bits per heavy atom. The zero-order valence-corrected chi connectivity index (χ0v) is 10.1. The van der Waals surface area contributed by atoms with E-state index in [2.05, 4.69) is 19.9 Å². The average Bonchev–Trinajstić information content (AvgIpc) is 2.19. The fourth-order valence-corrected chi connectivity index (χ4v) is 2.27. The molecule has 2 unspecified atom stereocenters. The molecule has 1 aromatic carbocycles. The minimum Gasteiger partial charge on any atom is -0.126 e. The number of alkyl halides is 1. The first-order valence-electron chi connectivity index (χ1n) is 5.00. The molecule has 0 nitrogen and oxygen atoms in total. The third kappa shape index (κ3) is 2.90. The Morgan fingerprint density at radius 3 is 2.57 bits per heavy atom. The zero-order chi connectivity index (χ0) is 10.6. The Hall–Kier alpha value is -0.200. The topological polar surface area (TPSA) is 0 Å². The van der Waals surface area contributed by atoms with Crippen molar-refractivity contribution < 1.29 is 0 Å². The van der Waals surface area contributed by atoms with Gasteiger partial charge in [-0.25, -0.2) is 0 Å². The SMILES string of the molecule is CCC(C)C(CCl)c1cccc(Cl)c1. The van der Waals surface area contributed by atoms with E-state index in [4.69, 9.17) is 23.2 Å². The molecule has 0 N–H and O–H groups in total. The zero-order valence-electron chi connectivity index (χ0n) is 8.63. The number of hydrogen-bond donors (Lipinski definition) is 0. The molecule has 0 bridgehead atoms. The van der Waals surface area contributed by atoms with Crippen molar-refractivity contribution in [3.05, 3.63) is 34.9 Å². The van der Waals surface area contributed by atoms with E-state index < -0.39 is 0 Å². The molecule has 0 saturated carbocycles. The molecule has 78 valence electrons. The van der Waals surface area contributed by atoms with Crippen LogP contribution in [0, 0.1) is 5.92 Å². The predicted octanol–water partition coefficient (Wildman–Crippen LogP) is 4.71. The number of rotatable bonds is 4. The van der Waals surface area contributed by atoms with Crippen LogP contribution in [0.3, 0.4) is 0 Å². The molecule has 0 spiro atoms. The van der Waals surface area contributed by atoms with Gasteiger partial charge in [0.2, 0.25) is 0 Å². The highest BCUT2D eigenvalue weighted by Crippen LogP contribution is 2.29. The molecule has 0 aliphatic heterocycles. The van der Waals surface area contributed by atoms with Crippen LogP contribution in [0.2, 0.25) is 5.02 Å². The normalized spacial score (nSPS) is 15.1. The van der Waals surface area contributed by atoms with Crippen LogP contribution >= 0.6 is 23.2 Å². The van der Waals surface area contributed by atoms with Crippen LogP contribution in [0.15, 0.2) is 24.3 Å². The Labute approximate surface area is 96.2 Å². The summed E-state index contributed by atoms with van der Waals surface area (Å²) >= 11 is 11.9. The molecule has 2 heteroatoms. The van der Waals surface area contributed by atoms with Crippen molar-refractivity contribution in [2.75, 3.05) is 5.88 Å². The predicted molar refractivity (Wildman–Crippen MR) is 64.4 cm³/mol. The van der Waals surface area contributed by atoms with Gasteiger partial charge in [0.25, 0.3) is 0 Å². The van der Waals surface area contributed by atoms with Crippen molar-refractivity contribution in [1.29, 1.82) is 0 Å². The molecule has 0 radical (unpaired) electrons. The van der Waals surface area contributed by atoms with Gasteiger partial charge in [-0.05, 0) is 23.6 Å². The van der Waals surface area contributed by atoms with Crippen molar-refractivity contribution in [2.45, 2.75) is 26.2 Å². The second kappa shape index (κ2) is 5.63. The lowest BCUT2D eigenvalue weighted by molar-refractivity contribution is 0.477. The smallest absolute Gasteiger partial charge is 0.0408 e. The molecule has 1 rings (SSSR count). The Kier molecular flexibility index (Phi) is 4.77. The maximum absolute atomic E-state index is 5.98. The summed E-state index contributed by atoms with van der Waals surface area (Å²) in [5, 5.41) is 0.793. The maximum atomic E-state index is 5.98. The largest absolute Gasteiger partial charge is 0.126 e. The van der Waals surface area contributed by atoms with Crippen LogP contribution in [0.5, 0.6) is 0 Å². The molecular formula is C12H16Cl2. The summed E-state index contributed by atoms with van der Waals surface area (Å²) in [7, 11) is 0. The highest BCUT2D eigenvalue weighted by atomic mass is 35.5. The van der Waals surface area contributed by atoms with Crippen molar-refractivity contribution in [3.63, 3.8) is 0 Å². The lowest BCUT2D eigenvalue weighted by Crippen LogP contribution is -2.10. The summed E-state index contributed by atoms with van der Waals surface area (Å²) in [4.78, 5) is 0. The molecule has 0 amide bonds. The van der Waals surface area contributed by atoms with Crippen LogP contribution < -0.4 is 0 Å². The van der Waals surface area contributed by atoms with Crippen LogP contribution in [0.25, 0.3) is 0 Å². The average molecular weight is 231 g/mol. The number of halogens is 2. The summed E-state index contributed by atoms with van der Waals surface area (Å²) in [5.74, 6) is 1.68. The van der Waals surface area contributed by atoms with Gasteiger partial charge in [0.15, 0.2) is 0 Å². The van der Waals surface area contributed by atoms with Gasteiger partial charge >= 0.3 is 0 Å². The number of hydrogen-bond acceptors (Lipinski definition) is 0. The van der Waals surface area contributed by atoms with E-state index in [-0.39, 0.29) is 0 Å². The fraction of sp³-hybridized carbons (Fsp3) is 0.500. The van der Waals surface area contributed by atoms with Gasteiger partial charge in [0, 0.05) is 16.8 Å². The molecule has 0 aliphatic carbocycles. The third-order valence-electron chi connectivity index (χ3n) is 2.77. The van der Waals surface area contributed by atoms with Crippen LogP contribution in [0.4, 0.5) is 0 Å². The molecule has 0 saturated heterocycles. The summed E-state index contributed by atoms with van der Waals surface area (Å²) < 4.78 is 0. The van der Waals surface area contributed by atoms with Gasteiger partial charge in [-0.2, -0.15) is 0 Å². The molecule has 0 aromatic heterocycles. The molecule has 0 fully saturated rings. The first kappa shape index (κ1) is 11.9. The second-order valence-electron chi connectivity index (χ2n) is 3.70. The van der Waals surface area contributed by atoms with E-state index >= 15 is 0 Å². The van der Waals surface area contributed by atoms with Crippen LogP contribution in [-0.4, -0.2) is 5.88 Å². The van der Waals surface area contributed by atoms with Crippen molar-refractivity contribution in [3.8, 4) is 0 Å². The second-order valence-corrected chi connectivity index (χ2v) is 4.45. The van der Waals surface area contributed by atoms with Crippen molar-refractivity contribution >= 4 is 23.2 Å². The Morgan fingerprint density at radius 1 is 1.36 bits per heavy atom. The van der Waals surface area contributed by atoms with Crippen molar-refractivity contribution in [2.24, 2.45) is 5.92 Å². The van der Waals surface area contributed by atoms with Gasteiger partial charge in [0.05, 0.1) is 0 Å². The quantitative estimate of drug-likeness (QED) is 0.658. The summed E-state index contributed by atoms with van der Waals surface area (Å²) in [5.41, 5.74) is 1.25. The maximum Gasteiger partial charge on any atom is 0.0408 e. The van der Waals surface area contributed by atoms with Gasteiger partial charge in [0.1, 0.15) is 0 Å². The fourth-order valence-electron chi connectivity index (χ4n) is 1.59. The lowest BCUT2D eigenvalue weighted by atomic mass is 9.87. The number of benzene rings is 1. The monoisotopic (exact) mass is 230 g/mol. The molecule has 1 aromatic rings. The van der Waals surface area contributed by atoms with Gasteiger partial charge in [-0.15, -0.1) is 11.6 Å². The van der Waals surface area contributed by atoms with E-state index in [0.29, 0.717) is 17.7 Å². The van der Waals surface area contributed by atoms with Gasteiger partial charge < -0.3 is 0 Å². The van der Waals surface area contributed by atoms with Gasteiger partial charge in [-0.1, -0.05) is 44.0 Å². The van der Waals surface area contributed by atoms with E-state index in [9.17, 15) is 0 Å². The van der Waals surface area contributed by atoms with Crippen LogP contribution in [0.1, 0.15) is 31.7 Å². The minimum absolute atomic E-state index is 0.417.